The molecule has 0 bridgehead atoms. The highest BCUT2D eigenvalue weighted by molar-refractivity contribution is 5.87. The minimum Gasteiger partial charge on any atom is -0.376 e. The third-order valence-corrected chi connectivity index (χ3v) is 3.65. The van der Waals surface area contributed by atoms with Crippen LogP contribution in [0.3, 0.4) is 0 Å². The molecule has 24 heavy (non-hydrogen) atoms. The second kappa shape index (κ2) is 6.95. The van der Waals surface area contributed by atoms with Gasteiger partial charge in [0.15, 0.2) is 0 Å². The fourth-order valence-electron chi connectivity index (χ4n) is 2.44. The molecule has 2 N–H and O–H groups in total. The number of nitrogens with one attached hydrogen (secondary N) is 2. The molecule has 1 aromatic heterocycles. The number of hydrogen-bond acceptors (Lipinski definition) is 4. The van der Waals surface area contributed by atoms with Crippen molar-refractivity contribution >= 4 is 28.6 Å². The van der Waals surface area contributed by atoms with Crippen LogP contribution in [0.5, 0.6) is 0 Å². The lowest BCUT2D eigenvalue weighted by Crippen LogP contribution is -2.25. The van der Waals surface area contributed by atoms with Crippen molar-refractivity contribution in [2.45, 2.75) is 6.92 Å². The van der Waals surface area contributed by atoms with E-state index in [4.69, 9.17) is 0 Å². The average Bonchev–Trinajstić information content (AvgIpc) is 2.90. The molecule has 0 radical (unpaired) electrons. The summed E-state index contributed by atoms with van der Waals surface area (Å²) in [5, 5.41) is 13.6. The lowest BCUT2D eigenvalue weighted by atomic mass is 10.1. The summed E-state index contributed by atoms with van der Waals surface area (Å²) >= 11 is 0. The van der Waals surface area contributed by atoms with Crippen molar-refractivity contribution in [2.75, 3.05) is 11.9 Å². The highest BCUT2D eigenvalue weighted by atomic mass is 16.2. The van der Waals surface area contributed by atoms with Gasteiger partial charge >= 0.3 is 0 Å². The van der Waals surface area contributed by atoms with Crippen LogP contribution in [0.4, 0.5) is 5.69 Å². The van der Waals surface area contributed by atoms with Crippen molar-refractivity contribution in [2.24, 2.45) is 12.1 Å². The molecule has 0 fully saturated rings. The maximum Gasteiger partial charge on any atom is 0.259 e. The zero-order chi connectivity index (χ0) is 16.9. The molecular weight excluding hydrogens is 302 g/mol. The summed E-state index contributed by atoms with van der Waals surface area (Å²) in [4.78, 5) is 11.9. The number of carbonyl (C=O) groups excluding carboxylic acids is 1. The number of anilines is 1. The standard InChI is InChI=1S/C18H19N5O/c1-13-16(12-23(2)22-13)10-20-21-18(24)11-19-17-8-7-14-5-3-4-6-15(14)9-17/h3-10,12,19H,11H2,1-2H3,(H,21,24). The summed E-state index contributed by atoms with van der Waals surface area (Å²) in [6, 6.07) is 14.1. The van der Waals surface area contributed by atoms with Gasteiger partial charge in [0.05, 0.1) is 18.5 Å². The molecule has 3 rings (SSSR count). The maximum absolute atomic E-state index is 11.9. The Hall–Kier alpha value is -3.15. The number of fused-ring (bicyclic) bond motifs is 1. The van der Waals surface area contributed by atoms with E-state index in [0.29, 0.717) is 0 Å². The Morgan fingerprint density at radius 2 is 2.04 bits per heavy atom. The molecule has 122 valence electrons. The Morgan fingerprint density at radius 3 is 2.79 bits per heavy atom. The predicted molar refractivity (Wildman–Crippen MR) is 96.1 cm³/mol. The summed E-state index contributed by atoms with van der Waals surface area (Å²) in [6.45, 7) is 2.05. The Balaban J connectivity index is 1.54. The summed E-state index contributed by atoms with van der Waals surface area (Å²) in [7, 11) is 1.84. The van der Waals surface area contributed by atoms with Crippen molar-refractivity contribution in [1.29, 1.82) is 0 Å². The van der Waals surface area contributed by atoms with Crippen LogP contribution in [-0.2, 0) is 11.8 Å². The summed E-state index contributed by atoms with van der Waals surface area (Å²) in [5.41, 5.74) is 5.15. The maximum atomic E-state index is 11.9. The molecule has 6 nitrogen and oxygen atoms in total. The van der Waals surface area contributed by atoms with Crippen molar-refractivity contribution in [3.63, 3.8) is 0 Å². The Bertz CT molecular complexity index is 897. The topological polar surface area (TPSA) is 71.3 Å². The molecule has 1 heterocycles. The van der Waals surface area contributed by atoms with Crippen LogP contribution >= 0.6 is 0 Å². The van der Waals surface area contributed by atoms with Crippen LogP contribution in [0.15, 0.2) is 53.8 Å². The van der Waals surface area contributed by atoms with Crippen LogP contribution in [0.2, 0.25) is 0 Å². The van der Waals surface area contributed by atoms with Gasteiger partial charge in [-0.1, -0.05) is 30.3 Å². The zero-order valence-electron chi connectivity index (χ0n) is 13.7. The van der Waals surface area contributed by atoms with E-state index in [-0.39, 0.29) is 12.5 Å². The first-order chi connectivity index (χ1) is 11.6. The molecule has 2 aromatic carbocycles. The van der Waals surface area contributed by atoms with Gasteiger partial charge in [-0.2, -0.15) is 10.2 Å². The number of nitrogens with zero attached hydrogens (tertiary/aromatic N) is 3. The van der Waals surface area contributed by atoms with E-state index in [2.05, 4.69) is 27.0 Å². The number of amides is 1. The molecule has 0 aliphatic carbocycles. The first-order valence-electron chi connectivity index (χ1n) is 7.66. The lowest BCUT2D eigenvalue weighted by molar-refractivity contribution is -0.119. The van der Waals surface area contributed by atoms with Crippen LogP contribution in [-0.4, -0.2) is 28.4 Å². The predicted octanol–water partition coefficient (Wildman–Crippen LogP) is 2.44. The number of rotatable bonds is 5. The largest absolute Gasteiger partial charge is 0.376 e. The molecule has 0 spiro atoms. The van der Waals surface area contributed by atoms with Crippen molar-refractivity contribution in [3.8, 4) is 0 Å². The van der Waals surface area contributed by atoms with Crippen LogP contribution in [0.25, 0.3) is 10.8 Å². The third-order valence-electron chi connectivity index (χ3n) is 3.65. The van der Waals surface area contributed by atoms with Gasteiger partial charge in [0, 0.05) is 24.5 Å². The van der Waals surface area contributed by atoms with Crippen LogP contribution in [0, 0.1) is 6.92 Å². The number of benzene rings is 2. The molecule has 0 saturated carbocycles. The van der Waals surface area contributed by atoms with Gasteiger partial charge in [0.2, 0.25) is 0 Å². The first-order valence-corrected chi connectivity index (χ1v) is 7.66. The molecule has 0 saturated heterocycles. The van der Waals surface area contributed by atoms with Crippen molar-refractivity contribution in [1.82, 2.24) is 15.2 Å². The molecule has 3 aromatic rings. The SMILES string of the molecule is Cc1nn(C)cc1C=NNC(=O)CNc1ccc2ccccc2c1. The molecule has 0 atom stereocenters. The first kappa shape index (κ1) is 15.7. The second-order valence-electron chi connectivity index (χ2n) is 5.55. The Morgan fingerprint density at radius 1 is 1.25 bits per heavy atom. The van der Waals surface area contributed by atoms with Gasteiger partial charge in [0.1, 0.15) is 0 Å². The second-order valence-corrected chi connectivity index (χ2v) is 5.55. The monoisotopic (exact) mass is 321 g/mol. The summed E-state index contributed by atoms with van der Waals surface area (Å²) < 4.78 is 1.71. The van der Waals surface area contributed by atoms with Gasteiger partial charge in [-0.05, 0) is 29.8 Å². The Kier molecular flexibility index (Phi) is 4.56. The minimum absolute atomic E-state index is 0.154. The van der Waals surface area contributed by atoms with Crippen molar-refractivity contribution < 1.29 is 4.79 Å². The number of aryl methyl sites for hydroxylation is 2. The normalized spacial score (nSPS) is 11.1. The smallest absolute Gasteiger partial charge is 0.259 e. The van der Waals surface area contributed by atoms with Crippen LogP contribution in [0.1, 0.15) is 11.3 Å². The fourth-order valence-corrected chi connectivity index (χ4v) is 2.44. The number of hydrazone groups is 1. The molecule has 0 unspecified atom stereocenters. The highest BCUT2D eigenvalue weighted by Crippen LogP contribution is 2.18. The van der Waals surface area contributed by atoms with E-state index in [1.807, 2.05) is 56.6 Å². The van der Waals surface area contributed by atoms with Gasteiger partial charge in [0.25, 0.3) is 5.91 Å². The Labute approximate surface area is 140 Å². The minimum atomic E-state index is -0.207. The van der Waals surface area contributed by atoms with Gasteiger partial charge in [-0.15, -0.1) is 0 Å². The van der Waals surface area contributed by atoms with E-state index < -0.39 is 0 Å². The van der Waals surface area contributed by atoms with E-state index in [9.17, 15) is 4.79 Å². The van der Waals surface area contributed by atoms with Crippen LogP contribution < -0.4 is 10.7 Å². The fraction of sp³-hybridized carbons (Fsp3) is 0.167. The highest BCUT2D eigenvalue weighted by Gasteiger charge is 2.02. The van der Waals surface area contributed by atoms with Gasteiger partial charge in [-0.3, -0.25) is 9.48 Å². The quantitative estimate of drug-likeness (QED) is 0.560. The van der Waals surface area contributed by atoms with E-state index >= 15 is 0 Å². The zero-order valence-corrected chi connectivity index (χ0v) is 13.7. The summed E-state index contributed by atoms with van der Waals surface area (Å²) in [5.74, 6) is -0.207. The van der Waals surface area contributed by atoms with Gasteiger partial charge in [-0.25, -0.2) is 5.43 Å². The molecule has 1 amide bonds. The van der Waals surface area contributed by atoms with E-state index in [1.165, 1.54) is 5.39 Å². The van der Waals surface area contributed by atoms with E-state index in [0.717, 1.165) is 22.3 Å². The number of carbonyl (C=O) groups is 1. The molecule has 0 aliphatic heterocycles. The van der Waals surface area contributed by atoms with Gasteiger partial charge < -0.3 is 5.32 Å². The number of hydrogen-bond donors (Lipinski definition) is 2. The number of aromatic nitrogens is 2. The molecular formula is C18H19N5O. The van der Waals surface area contributed by atoms with Crippen molar-refractivity contribution in [3.05, 3.63) is 59.9 Å². The van der Waals surface area contributed by atoms with E-state index in [1.54, 1.807) is 10.9 Å². The lowest BCUT2D eigenvalue weighted by Gasteiger charge is -2.06. The molecule has 0 aliphatic rings. The third kappa shape index (κ3) is 3.78. The average molecular weight is 321 g/mol. The summed E-state index contributed by atoms with van der Waals surface area (Å²) in [6.07, 6.45) is 3.44. The molecule has 6 heteroatoms.